The van der Waals surface area contributed by atoms with Gasteiger partial charge in [0.05, 0.1) is 41.5 Å². The second kappa shape index (κ2) is 10.1. The van der Waals surface area contributed by atoms with E-state index in [9.17, 15) is 0 Å². The molecule has 0 unspecified atom stereocenters. The second-order valence-electron chi connectivity index (χ2n) is 5.36. The van der Waals surface area contributed by atoms with Crippen LogP contribution in [0, 0.1) is 0 Å². The molecule has 138 valence electrons. The van der Waals surface area contributed by atoms with Gasteiger partial charge in [0, 0.05) is 12.4 Å². The van der Waals surface area contributed by atoms with Gasteiger partial charge < -0.3 is 18.9 Å². The van der Waals surface area contributed by atoms with Crippen molar-refractivity contribution in [2.24, 2.45) is 9.98 Å². The third-order valence-corrected chi connectivity index (χ3v) is 3.72. The summed E-state index contributed by atoms with van der Waals surface area (Å²) in [6.45, 7) is 1.09. The van der Waals surface area contributed by atoms with Crippen LogP contribution in [0.25, 0.3) is 0 Å². The van der Waals surface area contributed by atoms with Crippen LogP contribution in [0.2, 0.25) is 0 Å². The van der Waals surface area contributed by atoms with Crippen LogP contribution in [0.3, 0.4) is 0 Å². The molecule has 0 spiro atoms. The van der Waals surface area contributed by atoms with E-state index in [0.29, 0.717) is 36.1 Å². The average molecular weight is 356 g/mol. The molecule has 0 bridgehead atoms. The van der Waals surface area contributed by atoms with Crippen molar-refractivity contribution < 1.29 is 18.9 Å². The molecule has 0 amide bonds. The number of benzene rings is 2. The number of methoxy groups -OCH3 is 4. The van der Waals surface area contributed by atoms with Crippen molar-refractivity contribution in [3.63, 3.8) is 0 Å². The molecule has 6 heteroatoms. The fourth-order valence-corrected chi connectivity index (χ4v) is 2.37. The highest BCUT2D eigenvalue weighted by atomic mass is 16.5. The Kier molecular flexibility index (Phi) is 7.49. The Labute approximate surface area is 154 Å². The second-order valence-corrected chi connectivity index (χ2v) is 5.36. The van der Waals surface area contributed by atoms with Gasteiger partial charge in [0.15, 0.2) is 23.0 Å². The highest BCUT2D eigenvalue weighted by molar-refractivity contribution is 6.15. The highest BCUT2D eigenvalue weighted by Gasteiger charge is 2.04. The number of ether oxygens (including phenoxy) is 4. The van der Waals surface area contributed by atoms with Crippen LogP contribution >= 0.6 is 0 Å². The third-order valence-electron chi connectivity index (χ3n) is 3.72. The summed E-state index contributed by atoms with van der Waals surface area (Å²) in [5.74, 6) is 2.80. The first kappa shape index (κ1) is 19.3. The quantitative estimate of drug-likeness (QED) is 0.645. The molecule has 6 nitrogen and oxygen atoms in total. The van der Waals surface area contributed by atoms with Gasteiger partial charge in [0.2, 0.25) is 0 Å². The number of hydrogen-bond donors (Lipinski definition) is 0. The largest absolute Gasteiger partial charge is 0.493 e. The summed E-state index contributed by atoms with van der Waals surface area (Å²) in [7, 11) is 6.46. The molecule has 26 heavy (non-hydrogen) atoms. The van der Waals surface area contributed by atoms with Crippen molar-refractivity contribution >= 4 is 12.4 Å². The lowest BCUT2D eigenvalue weighted by Crippen LogP contribution is -1.93. The van der Waals surface area contributed by atoms with Crippen molar-refractivity contribution in [2.45, 2.75) is 13.1 Å². The van der Waals surface area contributed by atoms with E-state index >= 15 is 0 Å². The highest BCUT2D eigenvalue weighted by Crippen LogP contribution is 2.28. The normalized spacial score (nSPS) is 11.1. The third kappa shape index (κ3) is 5.24. The molecule has 0 saturated heterocycles. The van der Waals surface area contributed by atoms with Crippen LogP contribution in [0.5, 0.6) is 23.0 Å². The Bertz CT molecular complexity index is 707. The zero-order valence-electron chi connectivity index (χ0n) is 15.6. The molecule has 0 N–H and O–H groups in total. The molecule has 2 aromatic carbocycles. The molecule has 0 radical (unpaired) electrons. The van der Waals surface area contributed by atoms with Gasteiger partial charge in [-0.3, -0.25) is 9.98 Å². The van der Waals surface area contributed by atoms with Gasteiger partial charge in [0.25, 0.3) is 0 Å². The molecule has 0 aromatic heterocycles. The predicted octanol–water partition coefficient (Wildman–Crippen LogP) is 3.56. The zero-order chi connectivity index (χ0) is 18.8. The number of nitrogens with zero attached hydrogens (tertiary/aromatic N) is 2. The van der Waals surface area contributed by atoms with E-state index in [4.69, 9.17) is 18.9 Å². The summed E-state index contributed by atoms with van der Waals surface area (Å²) in [4.78, 5) is 8.70. The van der Waals surface area contributed by atoms with Crippen LogP contribution in [0.4, 0.5) is 0 Å². The number of hydrogen-bond acceptors (Lipinski definition) is 6. The molecule has 0 fully saturated rings. The summed E-state index contributed by atoms with van der Waals surface area (Å²) in [6.07, 6.45) is 3.38. The molecular weight excluding hydrogens is 332 g/mol. The fraction of sp³-hybridized carbons (Fsp3) is 0.300. The monoisotopic (exact) mass is 356 g/mol. The van der Waals surface area contributed by atoms with Crippen molar-refractivity contribution in [3.8, 4) is 23.0 Å². The summed E-state index contributed by atoms with van der Waals surface area (Å²) in [5.41, 5.74) is 2.07. The molecule has 0 aliphatic carbocycles. The van der Waals surface area contributed by atoms with Crippen LogP contribution in [-0.4, -0.2) is 40.9 Å². The topological polar surface area (TPSA) is 61.6 Å². The lowest BCUT2D eigenvalue weighted by molar-refractivity contribution is 0.354. The van der Waals surface area contributed by atoms with E-state index < -0.39 is 0 Å². The Balaban J connectivity index is 1.88. The smallest absolute Gasteiger partial charge is 0.161 e. The molecule has 2 aromatic rings. The van der Waals surface area contributed by atoms with Gasteiger partial charge in [-0.15, -0.1) is 0 Å². The van der Waals surface area contributed by atoms with E-state index in [0.717, 1.165) is 11.1 Å². The summed E-state index contributed by atoms with van der Waals surface area (Å²) in [6, 6.07) is 11.5. The number of aliphatic imine (C=N–C) groups is 2. The van der Waals surface area contributed by atoms with Crippen LogP contribution in [-0.2, 0) is 13.1 Å². The Morgan fingerprint density at radius 2 is 1.00 bits per heavy atom. The van der Waals surface area contributed by atoms with Crippen molar-refractivity contribution in [2.75, 3.05) is 28.4 Å². The maximum Gasteiger partial charge on any atom is 0.161 e. The Morgan fingerprint density at radius 3 is 1.35 bits per heavy atom. The van der Waals surface area contributed by atoms with Crippen LogP contribution < -0.4 is 18.9 Å². The van der Waals surface area contributed by atoms with Gasteiger partial charge in [-0.05, 0) is 35.4 Å². The Hall–Kier alpha value is -3.02. The summed E-state index contributed by atoms with van der Waals surface area (Å²) >= 11 is 0. The molecule has 0 atom stereocenters. The SMILES string of the molecule is COc1ccc(CN=CC=NCc2ccc(OC)c(OC)c2)cc1OC. The average Bonchev–Trinajstić information content (AvgIpc) is 2.70. The van der Waals surface area contributed by atoms with E-state index in [2.05, 4.69) is 9.98 Å². The maximum atomic E-state index is 5.28. The first-order chi connectivity index (χ1) is 12.7. The molecule has 0 aliphatic heterocycles. The standard InChI is InChI=1S/C20H24N2O4/c1-23-17-7-5-15(11-19(17)25-3)13-21-9-10-22-14-16-6-8-18(24-2)20(12-16)26-4/h5-12H,13-14H2,1-4H3. The molecular formula is C20H24N2O4. The van der Waals surface area contributed by atoms with Crippen molar-refractivity contribution in [1.82, 2.24) is 0 Å². The zero-order valence-corrected chi connectivity index (χ0v) is 15.6. The fourth-order valence-electron chi connectivity index (χ4n) is 2.37. The lowest BCUT2D eigenvalue weighted by Gasteiger charge is -2.08. The first-order valence-electron chi connectivity index (χ1n) is 8.11. The lowest BCUT2D eigenvalue weighted by atomic mass is 10.2. The molecule has 0 heterocycles. The Morgan fingerprint density at radius 1 is 0.615 bits per heavy atom. The minimum atomic E-state index is 0.544. The van der Waals surface area contributed by atoms with E-state index in [1.165, 1.54) is 0 Å². The van der Waals surface area contributed by atoms with Crippen molar-refractivity contribution in [1.29, 1.82) is 0 Å². The first-order valence-corrected chi connectivity index (χ1v) is 8.11. The van der Waals surface area contributed by atoms with Crippen molar-refractivity contribution in [3.05, 3.63) is 47.5 Å². The number of rotatable bonds is 9. The molecule has 2 rings (SSSR count). The molecule has 0 aliphatic rings. The maximum absolute atomic E-state index is 5.28. The van der Waals surface area contributed by atoms with E-state index in [-0.39, 0.29) is 0 Å². The minimum absolute atomic E-state index is 0.544. The minimum Gasteiger partial charge on any atom is -0.493 e. The van der Waals surface area contributed by atoms with Gasteiger partial charge >= 0.3 is 0 Å². The van der Waals surface area contributed by atoms with Gasteiger partial charge in [0.1, 0.15) is 0 Å². The van der Waals surface area contributed by atoms with E-state index in [1.54, 1.807) is 40.9 Å². The summed E-state index contributed by atoms with van der Waals surface area (Å²) < 4.78 is 21.0. The van der Waals surface area contributed by atoms with E-state index in [1.807, 2.05) is 36.4 Å². The molecule has 0 saturated carbocycles. The predicted molar refractivity (Wildman–Crippen MR) is 103 cm³/mol. The van der Waals surface area contributed by atoms with Gasteiger partial charge in [-0.1, -0.05) is 12.1 Å². The van der Waals surface area contributed by atoms with Crippen LogP contribution in [0.1, 0.15) is 11.1 Å². The van der Waals surface area contributed by atoms with Gasteiger partial charge in [-0.2, -0.15) is 0 Å². The van der Waals surface area contributed by atoms with Crippen LogP contribution in [0.15, 0.2) is 46.4 Å². The van der Waals surface area contributed by atoms with Gasteiger partial charge in [-0.25, -0.2) is 0 Å². The summed E-state index contributed by atoms with van der Waals surface area (Å²) in [5, 5.41) is 0.